The van der Waals surface area contributed by atoms with Crippen molar-refractivity contribution in [1.82, 2.24) is 15.5 Å². The van der Waals surface area contributed by atoms with E-state index in [-0.39, 0.29) is 36.0 Å². The molecule has 3 rings (SSSR count). The minimum absolute atomic E-state index is 0. The normalized spacial score (nSPS) is 15.9. The molecule has 1 atom stereocenters. The number of hydrogen-bond acceptors (Lipinski definition) is 3. The van der Waals surface area contributed by atoms with Crippen LogP contribution in [0.15, 0.2) is 59.6 Å². The maximum atomic E-state index is 12.4. The summed E-state index contributed by atoms with van der Waals surface area (Å²) < 4.78 is 5.56. The molecular weight excluding hydrogens is 491 g/mol. The second-order valence-electron chi connectivity index (χ2n) is 7.29. The van der Waals surface area contributed by atoms with Gasteiger partial charge in [-0.1, -0.05) is 42.5 Å². The number of guanidine groups is 1. The minimum Gasteiger partial charge on any atom is -0.376 e. The van der Waals surface area contributed by atoms with Gasteiger partial charge in [-0.25, -0.2) is 0 Å². The van der Waals surface area contributed by atoms with E-state index in [0.29, 0.717) is 18.7 Å². The Morgan fingerprint density at radius 2 is 1.90 bits per heavy atom. The molecule has 1 amide bonds. The quantitative estimate of drug-likeness (QED) is 0.333. The van der Waals surface area contributed by atoms with Gasteiger partial charge in [-0.15, -0.1) is 24.0 Å². The zero-order valence-corrected chi connectivity index (χ0v) is 20.0. The molecule has 1 aliphatic heterocycles. The molecule has 30 heavy (non-hydrogen) atoms. The van der Waals surface area contributed by atoms with Gasteiger partial charge in [-0.05, 0) is 36.1 Å². The monoisotopic (exact) mass is 522 g/mol. The number of halogens is 1. The Bertz CT molecular complexity index is 823. The van der Waals surface area contributed by atoms with Gasteiger partial charge in [0.15, 0.2) is 5.96 Å². The van der Waals surface area contributed by atoms with Crippen molar-refractivity contribution in [3.05, 3.63) is 71.3 Å². The number of aliphatic imine (C=N–C) groups is 1. The number of carbonyl (C=O) groups excluding carboxylic acids is 1. The maximum absolute atomic E-state index is 12.4. The fourth-order valence-electron chi connectivity index (χ4n) is 3.43. The van der Waals surface area contributed by atoms with Gasteiger partial charge < -0.3 is 20.3 Å². The molecule has 0 bridgehead atoms. The van der Waals surface area contributed by atoms with E-state index in [1.807, 2.05) is 49.5 Å². The summed E-state index contributed by atoms with van der Waals surface area (Å²) in [7, 11) is 3.79. The Kier molecular flexibility index (Phi) is 10.1. The molecule has 2 aromatic carbocycles. The molecule has 1 fully saturated rings. The lowest BCUT2D eigenvalue weighted by Gasteiger charge is -2.22. The van der Waals surface area contributed by atoms with E-state index in [9.17, 15) is 4.79 Å². The number of benzene rings is 2. The Morgan fingerprint density at radius 3 is 2.60 bits per heavy atom. The van der Waals surface area contributed by atoms with E-state index in [1.54, 1.807) is 7.05 Å². The summed E-state index contributed by atoms with van der Waals surface area (Å²) in [5, 5.41) is 6.35. The van der Waals surface area contributed by atoms with Crippen molar-refractivity contribution in [1.29, 1.82) is 0 Å². The third-order valence-electron chi connectivity index (χ3n) is 4.99. The third-order valence-corrected chi connectivity index (χ3v) is 4.99. The lowest BCUT2D eigenvalue weighted by atomic mass is 10.1. The molecule has 0 radical (unpaired) electrons. The van der Waals surface area contributed by atoms with Gasteiger partial charge in [-0.3, -0.25) is 9.79 Å². The number of amides is 1. The molecule has 0 saturated carbocycles. The average Bonchev–Trinajstić information content (AvgIpc) is 3.27. The van der Waals surface area contributed by atoms with Gasteiger partial charge in [-0.2, -0.15) is 0 Å². The Balaban J connectivity index is 0.00000320. The number of ether oxygens (including phenoxy) is 1. The van der Waals surface area contributed by atoms with E-state index in [2.05, 4.69) is 32.7 Å². The Labute approximate surface area is 196 Å². The zero-order valence-electron chi connectivity index (χ0n) is 17.6. The van der Waals surface area contributed by atoms with Gasteiger partial charge in [0.1, 0.15) is 0 Å². The maximum Gasteiger partial charge on any atom is 0.251 e. The first kappa shape index (κ1) is 24.1. The summed E-state index contributed by atoms with van der Waals surface area (Å²) in [6, 6.07) is 18.0. The standard InChI is InChI=1S/C23H30N4O2.HI/c1-24-23(27(2)17-18-8-4-3-5-9-18)26-15-19-10-6-11-20(14-19)22(28)25-16-21-12-7-13-29-21;/h3-6,8-11,14,21H,7,12-13,15-17H2,1-2H3,(H,24,26)(H,25,28);1H. The van der Waals surface area contributed by atoms with Crippen LogP contribution >= 0.6 is 24.0 Å². The van der Waals surface area contributed by atoms with Gasteiger partial charge in [0, 0.05) is 45.9 Å². The summed E-state index contributed by atoms with van der Waals surface area (Å²) in [5.74, 6) is 0.745. The molecule has 1 aliphatic rings. The molecule has 1 unspecified atom stereocenters. The van der Waals surface area contributed by atoms with E-state index >= 15 is 0 Å². The van der Waals surface area contributed by atoms with Crippen molar-refractivity contribution >= 4 is 35.8 Å². The van der Waals surface area contributed by atoms with E-state index in [0.717, 1.165) is 37.5 Å². The van der Waals surface area contributed by atoms with Crippen LogP contribution in [0.5, 0.6) is 0 Å². The molecule has 0 aliphatic carbocycles. The molecule has 0 aromatic heterocycles. The molecular formula is C23H31IN4O2. The highest BCUT2D eigenvalue weighted by Crippen LogP contribution is 2.11. The molecule has 162 valence electrons. The smallest absolute Gasteiger partial charge is 0.251 e. The Morgan fingerprint density at radius 1 is 1.13 bits per heavy atom. The Hall–Kier alpha value is -2.13. The lowest BCUT2D eigenvalue weighted by molar-refractivity contribution is 0.0857. The third kappa shape index (κ3) is 7.28. The van der Waals surface area contributed by atoms with Crippen LogP contribution in [0.1, 0.15) is 34.3 Å². The molecule has 1 saturated heterocycles. The van der Waals surface area contributed by atoms with Crippen LogP contribution in [0.2, 0.25) is 0 Å². The average molecular weight is 522 g/mol. The van der Waals surface area contributed by atoms with Gasteiger partial charge >= 0.3 is 0 Å². The number of nitrogens with zero attached hydrogens (tertiary/aromatic N) is 2. The van der Waals surface area contributed by atoms with E-state index in [4.69, 9.17) is 4.74 Å². The van der Waals surface area contributed by atoms with Crippen LogP contribution in [0.3, 0.4) is 0 Å². The second kappa shape index (κ2) is 12.5. The SMILES string of the molecule is CN=C(NCc1cccc(C(=O)NCC2CCCO2)c1)N(C)Cc1ccccc1.I. The fraction of sp³-hybridized carbons (Fsp3) is 0.391. The summed E-state index contributed by atoms with van der Waals surface area (Å²) >= 11 is 0. The van der Waals surface area contributed by atoms with Crippen LogP contribution in [0.4, 0.5) is 0 Å². The number of hydrogen-bond donors (Lipinski definition) is 2. The first-order valence-electron chi connectivity index (χ1n) is 10.1. The fourth-order valence-corrected chi connectivity index (χ4v) is 3.43. The highest BCUT2D eigenvalue weighted by molar-refractivity contribution is 14.0. The summed E-state index contributed by atoms with van der Waals surface area (Å²) in [4.78, 5) is 18.9. The summed E-state index contributed by atoms with van der Waals surface area (Å²) in [6.07, 6.45) is 2.23. The molecule has 2 aromatic rings. The van der Waals surface area contributed by atoms with E-state index < -0.39 is 0 Å². The van der Waals surface area contributed by atoms with E-state index in [1.165, 1.54) is 5.56 Å². The number of nitrogens with one attached hydrogen (secondary N) is 2. The number of carbonyl (C=O) groups is 1. The topological polar surface area (TPSA) is 66.0 Å². The highest BCUT2D eigenvalue weighted by atomic mass is 127. The van der Waals surface area contributed by atoms with Crippen molar-refractivity contribution in [2.24, 2.45) is 4.99 Å². The van der Waals surface area contributed by atoms with Crippen LogP contribution in [-0.2, 0) is 17.8 Å². The van der Waals surface area contributed by atoms with Crippen LogP contribution in [0.25, 0.3) is 0 Å². The lowest BCUT2D eigenvalue weighted by Crippen LogP contribution is -2.38. The molecule has 6 nitrogen and oxygen atoms in total. The first-order valence-corrected chi connectivity index (χ1v) is 10.1. The van der Waals surface area contributed by atoms with Crippen molar-refractivity contribution in [3.8, 4) is 0 Å². The minimum atomic E-state index is -0.0621. The van der Waals surface area contributed by atoms with Crippen molar-refractivity contribution < 1.29 is 9.53 Å². The first-order chi connectivity index (χ1) is 14.2. The van der Waals surface area contributed by atoms with Crippen molar-refractivity contribution in [2.75, 3.05) is 27.2 Å². The summed E-state index contributed by atoms with van der Waals surface area (Å²) in [6.45, 7) is 2.73. The van der Waals surface area contributed by atoms with Gasteiger partial charge in [0.05, 0.1) is 6.10 Å². The second-order valence-corrected chi connectivity index (χ2v) is 7.29. The number of rotatable bonds is 7. The predicted molar refractivity (Wildman–Crippen MR) is 131 cm³/mol. The molecule has 0 spiro atoms. The van der Waals surface area contributed by atoms with Crippen LogP contribution < -0.4 is 10.6 Å². The summed E-state index contributed by atoms with van der Waals surface area (Å²) in [5.41, 5.74) is 2.92. The molecule has 1 heterocycles. The van der Waals surface area contributed by atoms with Crippen molar-refractivity contribution in [2.45, 2.75) is 32.0 Å². The van der Waals surface area contributed by atoms with Crippen LogP contribution in [-0.4, -0.2) is 50.1 Å². The predicted octanol–water partition coefficient (Wildman–Crippen LogP) is 3.42. The van der Waals surface area contributed by atoms with Gasteiger partial charge in [0.25, 0.3) is 5.91 Å². The zero-order chi connectivity index (χ0) is 20.5. The molecule has 2 N–H and O–H groups in total. The van der Waals surface area contributed by atoms with Gasteiger partial charge in [0.2, 0.25) is 0 Å². The molecule has 7 heteroatoms. The van der Waals surface area contributed by atoms with Crippen LogP contribution in [0, 0.1) is 0 Å². The largest absolute Gasteiger partial charge is 0.376 e. The highest BCUT2D eigenvalue weighted by Gasteiger charge is 2.16. The van der Waals surface area contributed by atoms with Crippen molar-refractivity contribution in [3.63, 3.8) is 0 Å².